The summed E-state index contributed by atoms with van der Waals surface area (Å²) in [6.45, 7) is 0. The van der Waals surface area contributed by atoms with E-state index in [0.29, 0.717) is 0 Å². The molecule has 0 aliphatic carbocycles. The molecule has 8 heavy (non-hydrogen) atoms. The quantitative estimate of drug-likeness (QED) is 0.581. The number of rotatable bonds is 0. The highest BCUT2D eigenvalue weighted by molar-refractivity contribution is 9.10. The molecule has 0 fully saturated rings. The molecule has 0 atom stereocenters. The molecule has 0 spiro atoms. The number of pyridine rings is 1. The molecule has 0 radical (unpaired) electrons. The molecule has 3 heteroatoms. The summed E-state index contributed by atoms with van der Waals surface area (Å²) in [4.78, 5) is 2.91. The molecule has 3 N–H and O–H groups in total. The van der Waals surface area contributed by atoms with Crippen molar-refractivity contribution in [2.75, 3.05) is 5.73 Å². The van der Waals surface area contributed by atoms with Gasteiger partial charge in [-0.3, -0.25) is 0 Å². The molecule has 1 aromatic heterocycles. The van der Waals surface area contributed by atoms with E-state index < -0.39 is 0 Å². The van der Waals surface area contributed by atoms with Crippen LogP contribution in [0.4, 0.5) is 5.69 Å². The van der Waals surface area contributed by atoms with Crippen molar-refractivity contribution in [1.29, 1.82) is 0 Å². The maximum Gasteiger partial charge on any atom is 0.248 e. The molecule has 0 aliphatic heterocycles. The van der Waals surface area contributed by atoms with Crippen LogP contribution in [0.3, 0.4) is 0 Å². The number of aromatic nitrogens is 1. The molecule has 0 bridgehead atoms. The molecular weight excluding hydrogens is 168 g/mol. The first kappa shape index (κ1) is 5.56. The van der Waals surface area contributed by atoms with E-state index >= 15 is 0 Å². The number of halogens is 1. The summed E-state index contributed by atoms with van der Waals surface area (Å²) in [5.74, 6) is 0. The second-order valence-corrected chi connectivity index (χ2v) is 2.32. The van der Waals surface area contributed by atoms with Crippen LogP contribution in [0.15, 0.2) is 22.9 Å². The molecular formula is C5H6BrN2+. The minimum Gasteiger partial charge on any atom is -0.398 e. The first-order chi connectivity index (χ1) is 3.79. The van der Waals surface area contributed by atoms with Gasteiger partial charge in [-0.25, -0.2) is 4.98 Å². The van der Waals surface area contributed by atoms with Gasteiger partial charge >= 0.3 is 0 Å². The Morgan fingerprint density at radius 3 is 2.75 bits per heavy atom. The van der Waals surface area contributed by atoms with Crippen molar-refractivity contribution in [2.24, 2.45) is 0 Å². The number of hydrogen-bond donors (Lipinski definition) is 1. The Bertz CT molecular complexity index is 170. The summed E-state index contributed by atoms with van der Waals surface area (Å²) in [7, 11) is 0. The van der Waals surface area contributed by atoms with Crippen LogP contribution in [-0.4, -0.2) is 0 Å². The van der Waals surface area contributed by atoms with Gasteiger partial charge in [0.25, 0.3) is 0 Å². The van der Waals surface area contributed by atoms with Crippen LogP contribution in [0, 0.1) is 0 Å². The summed E-state index contributed by atoms with van der Waals surface area (Å²) < 4.78 is 0.900. The van der Waals surface area contributed by atoms with Crippen molar-refractivity contribution in [3.63, 3.8) is 0 Å². The van der Waals surface area contributed by atoms with Crippen LogP contribution in [-0.2, 0) is 0 Å². The van der Waals surface area contributed by atoms with Crippen molar-refractivity contribution in [2.45, 2.75) is 0 Å². The highest BCUT2D eigenvalue weighted by Crippen LogP contribution is 2.04. The van der Waals surface area contributed by atoms with Crippen molar-refractivity contribution < 1.29 is 4.98 Å². The number of nitrogens with two attached hydrogens (primary N) is 1. The summed E-state index contributed by atoms with van der Waals surface area (Å²) in [6.07, 6.45) is 1.78. The van der Waals surface area contributed by atoms with Gasteiger partial charge in [-0.05, 0) is 0 Å². The van der Waals surface area contributed by atoms with E-state index in [1.54, 1.807) is 18.3 Å². The van der Waals surface area contributed by atoms with Crippen molar-refractivity contribution in [1.82, 2.24) is 0 Å². The third kappa shape index (κ3) is 1.20. The second kappa shape index (κ2) is 2.13. The van der Waals surface area contributed by atoms with Crippen LogP contribution >= 0.6 is 15.9 Å². The molecule has 0 saturated carbocycles. The number of anilines is 1. The second-order valence-electron chi connectivity index (χ2n) is 1.47. The Kier molecular flexibility index (Phi) is 1.48. The highest BCUT2D eigenvalue weighted by Gasteiger charge is 1.91. The normalized spacial score (nSPS) is 9.12. The van der Waals surface area contributed by atoms with Gasteiger partial charge < -0.3 is 5.73 Å². The fourth-order valence-electron chi connectivity index (χ4n) is 0.454. The Morgan fingerprint density at radius 2 is 2.38 bits per heavy atom. The van der Waals surface area contributed by atoms with Gasteiger partial charge in [-0.1, -0.05) is 0 Å². The fourth-order valence-corrected chi connectivity index (χ4v) is 0.850. The Hall–Kier alpha value is -0.570. The first-order valence-electron chi connectivity index (χ1n) is 2.22. The Labute approximate surface area is 55.9 Å². The minimum absolute atomic E-state index is 0.760. The van der Waals surface area contributed by atoms with Gasteiger partial charge in [0.05, 0.1) is 0 Å². The summed E-state index contributed by atoms with van der Waals surface area (Å²) in [6, 6.07) is 3.60. The van der Waals surface area contributed by atoms with Gasteiger partial charge in [0.2, 0.25) is 4.60 Å². The van der Waals surface area contributed by atoms with Crippen LogP contribution in [0.1, 0.15) is 0 Å². The molecule has 0 amide bonds. The molecule has 2 nitrogen and oxygen atoms in total. The third-order valence-electron chi connectivity index (χ3n) is 0.790. The van der Waals surface area contributed by atoms with Gasteiger partial charge in [0, 0.05) is 33.8 Å². The highest BCUT2D eigenvalue weighted by atomic mass is 79.9. The fraction of sp³-hybridized carbons (Fsp3) is 0. The monoisotopic (exact) mass is 173 g/mol. The van der Waals surface area contributed by atoms with E-state index in [9.17, 15) is 0 Å². The predicted molar refractivity (Wildman–Crippen MR) is 35.1 cm³/mol. The lowest BCUT2D eigenvalue weighted by molar-refractivity contribution is -0.392. The summed E-state index contributed by atoms with van der Waals surface area (Å²) >= 11 is 3.23. The van der Waals surface area contributed by atoms with Crippen molar-refractivity contribution >= 4 is 21.6 Å². The van der Waals surface area contributed by atoms with Crippen LogP contribution in [0.2, 0.25) is 0 Å². The Morgan fingerprint density at radius 1 is 1.62 bits per heavy atom. The van der Waals surface area contributed by atoms with E-state index in [-0.39, 0.29) is 0 Å². The standard InChI is InChI=1S/C5H5BrN2/c6-5-3-4(7)1-2-8-5/h1-3H,(H2,7,8)/p+1. The van der Waals surface area contributed by atoms with Gasteiger partial charge in [0.1, 0.15) is 0 Å². The third-order valence-corrected chi connectivity index (χ3v) is 1.25. The van der Waals surface area contributed by atoms with E-state index in [1.807, 2.05) is 0 Å². The van der Waals surface area contributed by atoms with Gasteiger partial charge in [-0.2, -0.15) is 0 Å². The maximum atomic E-state index is 5.41. The van der Waals surface area contributed by atoms with E-state index in [2.05, 4.69) is 20.9 Å². The Balaban J connectivity index is 3.08. The summed E-state index contributed by atoms with van der Waals surface area (Å²) in [5.41, 5.74) is 6.17. The van der Waals surface area contributed by atoms with E-state index in [4.69, 9.17) is 5.73 Å². The lowest BCUT2D eigenvalue weighted by atomic mass is 10.4. The van der Waals surface area contributed by atoms with E-state index in [1.165, 1.54) is 0 Å². The number of hydrogen-bond acceptors (Lipinski definition) is 1. The van der Waals surface area contributed by atoms with Crippen molar-refractivity contribution in [3.8, 4) is 0 Å². The molecule has 42 valence electrons. The molecule has 1 rings (SSSR count). The lowest BCUT2D eigenvalue weighted by Crippen LogP contribution is -2.02. The molecule has 0 unspecified atom stereocenters. The number of aromatic amines is 1. The molecule has 0 aliphatic rings. The zero-order chi connectivity index (χ0) is 5.98. The van der Waals surface area contributed by atoms with Crippen LogP contribution < -0.4 is 10.7 Å². The van der Waals surface area contributed by atoms with Gasteiger partial charge in [-0.15, -0.1) is 0 Å². The lowest BCUT2D eigenvalue weighted by Gasteiger charge is -1.83. The average molecular weight is 174 g/mol. The number of nitrogen functional groups attached to an aromatic ring is 1. The van der Waals surface area contributed by atoms with Crippen LogP contribution in [0.25, 0.3) is 0 Å². The zero-order valence-corrected chi connectivity index (χ0v) is 5.77. The SMILES string of the molecule is Nc1cc[nH+]c(Br)c1. The summed E-state index contributed by atoms with van der Waals surface area (Å²) in [5, 5.41) is 0. The predicted octanol–water partition coefficient (Wildman–Crippen LogP) is 0.845. The minimum atomic E-state index is 0.760. The number of H-pyrrole nitrogens is 1. The van der Waals surface area contributed by atoms with E-state index in [0.717, 1.165) is 10.3 Å². The maximum absolute atomic E-state index is 5.41. The molecule has 1 aromatic rings. The zero-order valence-electron chi connectivity index (χ0n) is 4.19. The number of nitrogens with one attached hydrogen (secondary N) is 1. The topological polar surface area (TPSA) is 40.2 Å². The molecule has 0 saturated heterocycles. The smallest absolute Gasteiger partial charge is 0.248 e. The average Bonchev–Trinajstić information content (AvgIpc) is 1.64. The molecule has 0 aromatic carbocycles. The largest absolute Gasteiger partial charge is 0.398 e. The van der Waals surface area contributed by atoms with Gasteiger partial charge in [0.15, 0.2) is 6.20 Å². The van der Waals surface area contributed by atoms with Crippen molar-refractivity contribution in [3.05, 3.63) is 22.9 Å². The van der Waals surface area contributed by atoms with Crippen LogP contribution in [0.5, 0.6) is 0 Å². The first-order valence-corrected chi connectivity index (χ1v) is 3.01. The molecule has 1 heterocycles.